The first-order chi connectivity index (χ1) is 16.4. The fourth-order valence-corrected chi connectivity index (χ4v) is 5.67. The van der Waals surface area contributed by atoms with Gasteiger partial charge in [0.05, 0.1) is 13.2 Å². The molecule has 6 heteroatoms. The lowest BCUT2D eigenvalue weighted by Gasteiger charge is -2.45. The number of rotatable bonds is 2. The van der Waals surface area contributed by atoms with Crippen LogP contribution in [0.25, 0.3) is 0 Å². The minimum absolute atomic E-state index is 0.0731. The molecule has 3 aliphatic heterocycles. The Balaban J connectivity index is 1.70. The topological polar surface area (TPSA) is 60.4 Å². The maximum atomic E-state index is 11.3. The lowest BCUT2D eigenvalue weighted by molar-refractivity contribution is -0.0784. The number of hydrogen-bond acceptors (Lipinski definition) is 6. The average molecular weight is 482 g/mol. The first-order valence-corrected chi connectivity index (χ1v) is 12.7. The summed E-state index contributed by atoms with van der Waals surface area (Å²) in [6.45, 7) is 18.6. The Morgan fingerprint density at radius 1 is 0.829 bits per heavy atom. The highest BCUT2D eigenvalue weighted by Gasteiger charge is 2.42. The number of benzene rings is 2. The van der Waals surface area contributed by atoms with Crippen LogP contribution in [-0.2, 0) is 15.6 Å². The van der Waals surface area contributed by atoms with Crippen LogP contribution >= 0.6 is 0 Å². The van der Waals surface area contributed by atoms with Gasteiger partial charge in [0.15, 0.2) is 17.7 Å². The lowest BCUT2D eigenvalue weighted by atomic mass is 9.72. The molecule has 5 rings (SSSR count). The molecule has 3 heterocycles. The highest BCUT2D eigenvalue weighted by molar-refractivity contribution is 5.58. The third-order valence-electron chi connectivity index (χ3n) is 7.58. The van der Waals surface area contributed by atoms with Gasteiger partial charge in [-0.25, -0.2) is 0 Å². The Labute approximate surface area is 209 Å². The number of morpholine rings is 1. The lowest BCUT2D eigenvalue weighted by Crippen LogP contribution is -2.52. The Hall–Kier alpha value is -2.44. The van der Waals surface area contributed by atoms with Crippen LogP contribution in [-0.4, -0.2) is 49.3 Å². The van der Waals surface area contributed by atoms with Gasteiger partial charge in [0, 0.05) is 36.6 Å². The molecule has 1 N–H and O–H groups in total. The van der Waals surface area contributed by atoms with Crippen molar-refractivity contribution in [3.63, 3.8) is 0 Å². The smallest absolute Gasteiger partial charge is 0.231 e. The summed E-state index contributed by atoms with van der Waals surface area (Å²) in [6, 6.07) is 8.50. The van der Waals surface area contributed by atoms with Gasteiger partial charge in [-0.2, -0.15) is 0 Å². The summed E-state index contributed by atoms with van der Waals surface area (Å²) in [5.41, 5.74) is 3.86. The van der Waals surface area contributed by atoms with Crippen LogP contribution in [0.5, 0.6) is 23.0 Å². The molecule has 0 amide bonds. The van der Waals surface area contributed by atoms with Gasteiger partial charge in [-0.15, -0.1) is 0 Å². The van der Waals surface area contributed by atoms with E-state index in [9.17, 15) is 5.11 Å². The fourth-order valence-electron chi connectivity index (χ4n) is 5.67. The van der Waals surface area contributed by atoms with Crippen LogP contribution in [0.4, 0.5) is 0 Å². The van der Waals surface area contributed by atoms with Crippen LogP contribution in [0, 0.1) is 5.92 Å². The minimum atomic E-state index is -0.199. The zero-order valence-electron chi connectivity index (χ0n) is 22.1. The maximum absolute atomic E-state index is 11.3. The van der Waals surface area contributed by atoms with E-state index >= 15 is 0 Å². The van der Waals surface area contributed by atoms with E-state index in [0.717, 1.165) is 47.0 Å². The SMILES string of the molecule is C[C@@H]1[C@H](c2cc(C(C)(C)C)c(O)c(C(C)(C)C)c2)c2cc3c(cc2O[C@@H]1N1CCOCC1)OCO3. The molecule has 0 aliphatic carbocycles. The van der Waals surface area contributed by atoms with Crippen molar-refractivity contribution in [2.45, 2.75) is 71.4 Å². The van der Waals surface area contributed by atoms with Gasteiger partial charge in [0.1, 0.15) is 11.5 Å². The molecule has 0 aromatic heterocycles. The molecule has 2 aromatic rings. The summed E-state index contributed by atoms with van der Waals surface area (Å²) < 4.78 is 23.7. The molecule has 0 bridgehead atoms. The van der Waals surface area contributed by atoms with Crippen LogP contribution in [0.15, 0.2) is 24.3 Å². The normalized spacial score (nSPS) is 24.7. The van der Waals surface area contributed by atoms with E-state index < -0.39 is 0 Å². The minimum Gasteiger partial charge on any atom is -0.507 e. The third kappa shape index (κ3) is 4.36. The first kappa shape index (κ1) is 24.3. The number of hydrogen-bond donors (Lipinski definition) is 1. The molecular weight excluding hydrogens is 442 g/mol. The fraction of sp³-hybridized carbons (Fsp3) is 0.586. The van der Waals surface area contributed by atoms with Gasteiger partial charge in [-0.1, -0.05) is 60.6 Å². The van der Waals surface area contributed by atoms with E-state index in [1.54, 1.807) is 0 Å². The first-order valence-electron chi connectivity index (χ1n) is 12.7. The van der Waals surface area contributed by atoms with E-state index in [1.807, 2.05) is 6.07 Å². The summed E-state index contributed by atoms with van der Waals surface area (Å²) in [4.78, 5) is 2.39. The van der Waals surface area contributed by atoms with Crippen LogP contribution in [0.3, 0.4) is 0 Å². The number of nitrogens with zero attached hydrogens (tertiary/aromatic N) is 1. The average Bonchev–Trinajstić information content (AvgIpc) is 3.24. The molecule has 0 saturated carbocycles. The van der Waals surface area contributed by atoms with Crippen molar-refractivity contribution in [3.8, 4) is 23.0 Å². The molecule has 0 unspecified atom stereocenters. The molecule has 6 nitrogen and oxygen atoms in total. The van der Waals surface area contributed by atoms with Gasteiger partial charge >= 0.3 is 0 Å². The molecule has 190 valence electrons. The molecule has 35 heavy (non-hydrogen) atoms. The molecular formula is C29H39NO5. The molecule has 1 fully saturated rings. The monoisotopic (exact) mass is 481 g/mol. The van der Waals surface area contributed by atoms with Crippen molar-refractivity contribution in [3.05, 3.63) is 46.5 Å². The molecule has 0 spiro atoms. The quantitative estimate of drug-likeness (QED) is 0.608. The van der Waals surface area contributed by atoms with Gasteiger partial charge in [0.2, 0.25) is 6.79 Å². The summed E-state index contributed by atoms with van der Waals surface area (Å²) in [5.74, 6) is 2.99. The Kier molecular flexibility index (Phi) is 5.96. The number of phenols is 1. The number of fused-ring (bicyclic) bond motifs is 2. The van der Waals surface area contributed by atoms with Crippen molar-refractivity contribution in [1.82, 2.24) is 4.90 Å². The van der Waals surface area contributed by atoms with E-state index in [0.29, 0.717) is 19.0 Å². The highest BCUT2D eigenvalue weighted by atomic mass is 16.7. The predicted octanol–water partition coefficient (Wildman–Crippen LogP) is 5.53. The molecule has 1 saturated heterocycles. The van der Waals surface area contributed by atoms with Crippen molar-refractivity contribution < 1.29 is 24.1 Å². The Morgan fingerprint density at radius 2 is 1.40 bits per heavy atom. The second-order valence-electron chi connectivity index (χ2n) is 12.2. The Morgan fingerprint density at radius 3 is 1.97 bits per heavy atom. The molecule has 0 radical (unpaired) electrons. The number of phenolic OH excluding ortho intramolecular Hbond substituents is 1. The third-order valence-corrected chi connectivity index (χ3v) is 7.58. The molecule has 2 aromatic carbocycles. The summed E-state index contributed by atoms with van der Waals surface area (Å²) >= 11 is 0. The van der Waals surface area contributed by atoms with Gasteiger partial charge in [-0.3, -0.25) is 4.90 Å². The highest BCUT2D eigenvalue weighted by Crippen LogP contribution is 2.51. The standard InChI is InChI=1S/C29H39NO5/c1-17-25(18-12-20(28(2,3)4)26(31)21(13-18)29(5,6)7)19-14-23-24(34-16-33-23)15-22(19)35-27(17)30-8-10-32-11-9-30/h12-15,17,25,27,31H,8-11,16H2,1-7H3/t17-,25-,27+/m1/s1. The summed E-state index contributed by atoms with van der Waals surface area (Å²) in [6.07, 6.45) is -0.0817. The molecule has 3 aliphatic rings. The number of aromatic hydroxyl groups is 1. The van der Waals surface area contributed by atoms with E-state index in [2.05, 4.69) is 71.6 Å². The molecule has 3 atom stereocenters. The van der Waals surface area contributed by atoms with Crippen molar-refractivity contribution in [2.75, 3.05) is 33.1 Å². The Bertz CT molecular complexity index is 1070. The zero-order valence-corrected chi connectivity index (χ0v) is 22.1. The van der Waals surface area contributed by atoms with Crippen molar-refractivity contribution in [1.29, 1.82) is 0 Å². The predicted molar refractivity (Wildman–Crippen MR) is 136 cm³/mol. The van der Waals surface area contributed by atoms with E-state index in [-0.39, 0.29) is 35.7 Å². The largest absolute Gasteiger partial charge is 0.507 e. The maximum Gasteiger partial charge on any atom is 0.231 e. The van der Waals surface area contributed by atoms with Crippen LogP contribution in [0.1, 0.15) is 76.6 Å². The van der Waals surface area contributed by atoms with Crippen LogP contribution < -0.4 is 14.2 Å². The number of ether oxygens (including phenoxy) is 4. The van der Waals surface area contributed by atoms with E-state index in [1.165, 1.54) is 5.56 Å². The van der Waals surface area contributed by atoms with Gasteiger partial charge in [0.25, 0.3) is 0 Å². The van der Waals surface area contributed by atoms with E-state index in [4.69, 9.17) is 18.9 Å². The second-order valence-corrected chi connectivity index (χ2v) is 12.2. The summed E-state index contributed by atoms with van der Waals surface area (Å²) in [7, 11) is 0. The van der Waals surface area contributed by atoms with Crippen LogP contribution in [0.2, 0.25) is 0 Å². The second kappa shape index (κ2) is 8.59. The van der Waals surface area contributed by atoms with Gasteiger partial charge in [-0.05, 0) is 33.6 Å². The van der Waals surface area contributed by atoms with Crippen molar-refractivity contribution >= 4 is 0 Å². The van der Waals surface area contributed by atoms with Gasteiger partial charge < -0.3 is 24.1 Å². The zero-order chi connectivity index (χ0) is 25.1. The van der Waals surface area contributed by atoms with Crippen molar-refractivity contribution in [2.24, 2.45) is 5.92 Å². The summed E-state index contributed by atoms with van der Waals surface area (Å²) in [5, 5.41) is 11.3.